The molecule has 0 spiro atoms. The summed E-state index contributed by atoms with van der Waals surface area (Å²) in [4.78, 5) is 18.5. The molecule has 146 valence electrons. The molecule has 0 aliphatic carbocycles. The fraction of sp³-hybridized carbons (Fsp3) is 0.667. The zero-order valence-electron chi connectivity index (χ0n) is 13.3. The maximum absolute atomic E-state index is 10.5. The van der Waals surface area contributed by atoms with E-state index in [0.717, 1.165) is 25.5 Å². The van der Waals surface area contributed by atoms with Gasteiger partial charge in [-0.2, -0.15) is 0 Å². The van der Waals surface area contributed by atoms with Gasteiger partial charge in [0.1, 0.15) is 6.79 Å². The average Bonchev–Trinajstić information content (AvgIpc) is 2.47. The van der Waals surface area contributed by atoms with Crippen LogP contribution in [-0.2, 0) is 19.1 Å². The van der Waals surface area contributed by atoms with Gasteiger partial charge in [0.25, 0.3) is 0 Å². The predicted molar refractivity (Wildman–Crippen MR) is 105 cm³/mol. The van der Waals surface area contributed by atoms with Gasteiger partial charge in [-0.15, -0.1) is 13.2 Å². The lowest BCUT2D eigenvalue weighted by Gasteiger charge is -2.02. The van der Waals surface area contributed by atoms with Crippen LogP contribution < -0.4 is 0 Å². The van der Waals surface area contributed by atoms with Gasteiger partial charge in [-0.05, 0) is 6.42 Å². The molecule has 23 heavy (non-hydrogen) atoms. The van der Waals surface area contributed by atoms with Crippen molar-refractivity contribution in [2.24, 2.45) is 0 Å². The fourth-order valence-corrected chi connectivity index (χ4v) is 0.639. The summed E-state index contributed by atoms with van der Waals surface area (Å²) in [5.41, 5.74) is 0. The Bertz CT molecular complexity index is 171. The molecule has 0 aromatic heterocycles. The lowest BCUT2D eigenvalue weighted by Crippen LogP contribution is -2.05. The summed E-state index contributed by atoms with van der Waals surface area (Å²) in [7, 11) is 0. The van der Waals surface area contributed by atoms with Crippen LogP contribution in [0.3, 0.4) is 0 Å². The molecule has 2 N–H and O–H groups in total. The van der Waals surface area contributed by atoms with Crippen LogP contribution in [0, 0.1) is 0 Å². The molecular weight excluding hydrogens is 296 g/mol. The first-order valence-corrected chi connectivity index (χ1v) is 6.38. The Labute approximate surface area is 146 Å². The van der Waals surface area contributed by atoms with E-state index in [9.17, 15) is 4.79 Å². The van der Waals surface area contributed by atoms with Crippen LogP contribution in [-0.4, -0.2) is 38.1 Å². The zero-order chi connectivity index (χ0) is 15.9. The van der Waals surface area contributed by atoms with Gasteiger partial charge >= 0.3 is 5.97 Å². The Kier molecular flexibility index (Phi) is 152. The number of esters is 1. The largest absolute Gasteiger partial charge is 0.462 e. The molecule has 5 nitrogen and oxygen atoms in total. The minimum absolute atomic E-state index is 0. The normalized spacial score (nSPS) is 6.04. The zero-order valence-corrected chi connectivity index (χ0v) is 13.3. The summed E-state index contributed by atoms with van der Waals surface area (Å²) < 4.78 is 9.92. The number of hydrogen-bond acceptors (Lipinski definition) is 4. The van der Waals surface area contributed by atoms with Crippen molar-refractivity contribution in [3.63, 3.8) is 0 Å². The SMILES string of the molecule is C.C.C.C=C.C=CC(=O)OCCCOCCC.C=O.CCC.O. The van der Waals surface area contributed by atoms with E-state index in [1.54, 1.807) is 0 Å². The third kappa shape index (κ3) is 96.8. The number of rotatable bonds is 7. The van der Waals surface area contributed by atoms with Crippen molar-refractivity contribution in [1.82, 2.24) is 0 Å². The highest BCUT2D eigenvalue weighted by atomic mass is 16.5. The summed E-state index contributed by atoms with van der Waals surface area (Å²) in [6.07, 6.45) is 4.18. The standard InChI is InChI=1S/C9H16O3.C3H8.C2H4.CH2O.3CH4.H2O/c1-3-6-11-7-5-8-12-9(10)4-2;1-3-2;2*1-2;;;;/h4H,2-3,5-8H2,1H3;3H2,1-2H3;1-2H2;1H2;3*1H4;1H2. The smallest absolute Gasteiger partial charge is 0.330 e. The maximum Gasteiger partial charge on any atom is 0.330 e. The van der Waals surface area contributed by atoms with Crippen LogP contribution in [0.2, 0.25) is 0 Å². The molecule has 0 aliphatic heterocycles. The van der Waals surface area contributed by atoms with Crippen LogP contribution in [0.4, 0.5) is 0 Å². The van der Waals surface area contributed by atoms with Gasteiger partial charge in [-0.25, -0.2) is 4.79 Å². The monoisotopic (exact) mass is 340 g/mol. The minimum atomic E-state index is -0.370. The van der Waals surface area contributed by atoms with Crippen molar-refractivity contribution in [2.75, 3.05) is 19.8 Å². The fourth-order valence-electron chi connectivity index (χ4n) is 0.639. The van der Waals surface area contributed by atoms with Crippen LogP contribution in [0.5, 0.6) is 0 Å². The Morgan fingerprint density at radius 3 is 1.65 bits per heavy atom. The molecule has 0 saturated carbocycles. The third-order valence-corrected chi connectivity index (χ3v) is 1.19. The molecule has 0 aromatic carbocycles. The number of carbonyl (C=O) groups excluding carboxylic acids is 2. The van der Waals surface area contributed by atoms with Crippen molar-refractivity contribution >= 4 is 12.8 Å². The van der Waals surface area contributed by atoms with Crippen molar-refractivity contribution < 1.29 is 24.5 Å². The molecule has 0 unspecified atom stereocenters. The van der Waals surface area contributed by atoms with Gasteiger partial charge < -0.3 is 19.7 Å². The molecule has 0 bridgehead atoms. The second-order valence-electron chi connectivity index (χ2n) is 3.04. The highest BCUT2D eigenvalue weighted by Crippen LogP contribution is 1.87. The summed E-state index contributed by atoms with van der Waals surface area (Å²) >= 11 is 0. The highest BCUT2D eigenvalue weighted by molar-refractivity contribution is 5.81. The predicted octanol–water partition coefficient (Wildman–Crippen LogP) is 4.65. The summed E-state index contributed by atoms with van der Waals surface area (Å²) in [5.74, 6) is -0.370. The molecule has 0 fully saturated rings. The first-order chi connectivity index (χ1) is 9.22. The van der Waals surface area contributed by atoms with Gasteiger partial charge in [0.2, 0.25) is 0 Å². The van der Waals surface area contributed by atoms with E-state index in [2.05, 4.69) is 40.5 Å². The Morgan fingerprint density at radius 1 is 0.957 bits per heavy atom. The summed E-state index contributed by atoms with van der Waals surface area (Å²) in [6, 6.07) is 0. The number of carbonyl (C=O) groups is 2. The minimum Gasteiger partial charge on any atom is -0.462 e. The average molecular weight is 341 g/mol. The van der Waals surface area contributed by atoms with E-state index in [1.165, 1.54) is 6.42 Å². The van der Waals surface area contributed by atoms with Crippen LogP contribution >= 0.6 is 0 Å². The van der Waals surface area contributed by atoms with Gasteiger partial charge in [-0.1, -0.05) is 56.1 Å². The molecule has 0 saturated heterocycles. The molecule has 0 aromatic rings. The van der Waals surface area contributed by atoms with Gasteiger partial charge in [0, 0.05) is 25.7 Å². The van der Waals surface area contributed by atoms with E-state index in [1.807, 2.05) is 6.79 Å². The molecule has 0 aliphatic rings. The lowest BCUT2D eigenvalue weighted by molar-refractivity contribution is -0.138. The second-order valence-corrected chi connectivity index (χ2v) is 3.04. The third-order valence-electron chi connectivity index (χ3n) is 1.19. The molecule has 0 heterocycles. The van der Waals surface area contributed by atoms with Gasteiger partial charge in [0.05, 0.1) is 6.61 Å². The van der Waals surface area contributed by atoms with Crippen LogP contribution in [0.15, 0.2) is 25.8 Å². The van der Waals surface area contributed by atoms with Crippen LogP contribution in [0.25, 0.3) is 0 Å². The Hall–Kier alpha value is -1.46. The highest BCUT2D eigenvalue weighted by Gasteiger charge is 1.94. The topological polar surface area (TPSA) is 84.1 Å². The first kappa shape index (κ1) is 49.6. The van der Waals surface area contributed by atoms with E-state index in [0.29, 0.717) is 13.2 Å². The van der Waals surface area contributed by atoms with E-state index in [-0.39, 0.29) is 33.7 Å². The Balaban J connectivity index is -0.0000000299. The maximum atomic E-state index is 10.5. The summed E-state index contributed by atoms with van der Waals surface area (Å²) in [6.45, 7) is 19.4. The lowest BCUT2D eigenvalue weighted by atomic mass is 10.5. The van der Waals surface area contributed by atoms with Crippen LogP contribution in [0.1, 0.15) is 62.3 Å². The van der Waals surface area contributed by atoms with Crippen molar-refractivity contribution in [3.05, 3.63) is 25.8 Å². The van der Waals surface area contributed by atoms with E-state index in [4.69, 9.17) is 14.3 Å². The molecule has 0 atom stereocenters. The molecule has 5 heteroatoms. The molecule has 0 amide bonds. The van der Waals surface area contributed by atoms with E-state index < -0.39 is 0 Å². The van der Waals surface area contributed by atoms with Crippen molar-refractivity contribution in [2.45, 2.75) is 62.3 Å². The van der Waals surface area contributed by atoms with E-state index >= 15 is 0 Å². The van der Waals surface area contributed by atoms with Crippen molar-refractivity contribution in [3.8, 4) is 0 Å². The van der Waals surface area contributed by atoms with Gasteiger partial charge in [-0.3, -0.25) is 0 Å². The first-order valence-electron chi connectivity index (χ1n) is 6.38. The number of ether oxygens (including phenoxy) is 2. The quantitative estimate of drug-likeness (QED) is 0.292. The molecule has 0 radical (unpaired) electrons. The summed E-state index contributed by atoms with van der Waals surface area (Å²) in [5, 5.41) is 0. The van der Waals surface area contributed by atoms with Gasteiger partial charge in [0.15, 0.2) is 0 Å². The second kappa shape index (κ2) is 70.6. The Morgan fingerprint density at radius 2 is 1.35 bits per heavy atom. The van der Waals surface area contributed by atoms with Crippen molar-refractivity contribution in [1.29, 1.82) is 0 Å². The molecule has 0 rings (SSSR count). The molecular formula is C18H44O5. The number of hydrogen-bond donors (Lipinski definition) is 0.